The largest absolute Gasteiger partial charge is 0.376 e. The number of rotatable bonds is 5. The van der Waals surface area contributed by atoms with E-state index in [1.165, 1.54) is 0 Å². The molecular weight excluding hydrogens is 222 g/mol. The summed E-state index contributed by atoms with van der Waals surface area (Å²) in [5, 5.41) is 5.23. The summed E-state index contributed by atoms with van der Waals surface area (Å²) in [5.41, 5.74) is 5.50. The number of primary sulfonamides is 1. The van der Waals surface area contributed by atoms with Gasteiger partial charge in [-0.05, 0) is 31.5 Å². The van der Waals surface area contributed by atoms with Gasteiger partial charge in [0.15, 0.2) is 5.11 Å². The van der Waals surface area contributed by atoms with Crippen LogP contribution in [-0.2, 0) is 10.0 Å². The molecule has 0 aliphatic heterocycles. The fourth-order valence-electron chi connectivity index (χ4n) is 1.29. The van der Waals surface area contributed by atoms with E-state index in [1.807, 2.05) is 4.90 Å². The van der Waals surface area contributed by atoms with Crippen molar-refractivity contribution in [3.8, 4) is 0 Å². The molecule has 1 aliphatic rings. The molecule has 0 bridgehead atoms. The van der Waals surface area contributed by atoms with Gasteiger partial charge in [-0.15, -0.1) is 0 Å². The van der Waals surface area contributed by atoms with Crippen molar-refractivity contribution in [3.63, 3.8) is 0 Å². The third-order valence-electron chi connectivity index (χ3n) is 2.10. The molecule has 0 aromatic rings. The lowest BCUT2D eigenvalue weighted by molar-refractivity contribution is 0.411. The van der Waals surface area contributed by atoms with Crippen molar-refractivity contribution in [2.45, 2.75) is 25.3 Å². The minimum Gasteiger partial charge on any atom is -0.376 e. The van der Waals surface area contributed by atoms with Crippen LogP contribution in [-0.4, -0.2) is 36.8 Å². The van der Waals surface area contributed by atoms with Gasteiger partial charge in [0, 0.05) is 12.6 Å². The molecule has 82 valence electrons. The quantitative estimate of drug-likeness (QED) is 0.622. The molecule has 1 aliphatic carbocycles. The van der Waals surface area contributed by atoms with Crippen LogP contribution in [0.25, 0.3) is 0 Å². The van der Waals surface area contributed by atoms with Gasteiger partial charge in [0.2, 0.25) is 10.0 Å². The van der Waals surface area contributed by atoms with Gasteiger partial charge in [-0.25, -0.2) is 13.6 Å². The lowest BCUT2D eigenvalue weighted by Crippen LogP contribution is -2.38. The molecule has 14 heavy (non-hydrogen) atoms. The van der Waals surface area contributed by atoms with Crippen LogP contribution in [0.4, 0.5) is 0 Å². The highest BCUT2D eigenvalue weighted by molar-refractivity contribution is 7.89. The van der Waals surface area contributed by atoms with Crippen LogP contribution in [0.2, 0.25) is 0 Å². The number of thiocarbonyl (C=S) groups is 1. The van der Waals surface area contributed by atoms with E-state index in [2.05, 4.69) is 0 Å². The van der Waals surface area contributed by atoms with Crippen LogP contribution in [0.1, 0.15) is 19.3 Å². The molecule has 0 heterocycles. The van der Waals surface area contributed by atoms with Crippen LogP contribution >= 0.6 is 12.2 Å². The van der Waals surface area contributed by atoms with Crippen molar-refractivity contribution >= 4 is 27.4 Å². The topological polar surface area (TPSA) is 89.4 Å². The first-order chi connectivity index (χ1) is 6.40. The Morgan fingerprint density at radius 1 is 1.50 bits per heavy atom. The number of hydrogen-bond acceptors (Lipinski definition) is 3. The minimum atomic E-state index is -3.36. The third kappa shape index (κ3) is 4.21. The lowest BCUT2D eigenvalue weighted by atomic mass is 10.4. The SMILES string of the molecule is NC(=S)N(CCCS(N)(=O)=O)C1CC1. The number of nitrogens with zero attached hydrogens (tertiary/aromatic N) is 1. The van der Waals surface area contributed by atoms with Gasteiger partial charge in [-0.3, -0.25) is 0 Å². The first kappa shape index (κ1) is 11.7. The predicted molar refractivity (Wildman–Crippen MR) is 59.1 cm³/mol. The number of sulfonamides is 1. The van der Waals surface area contributed by atoms with E-state index in [-0.39, 0.29) is 5.75 Å². The molecule has 0 radical (unpaired) electrons. The maximum Gasteiger partial charge on any atom is 0.209 e. The number of nitrogens with two attached hydrogens (primary N) is 2. The Balaban J connectivity index is 2.31. The van der Waals surface area contributed by atoms with Crippen LogP contribution in [0.5, 0.6) is 0 Å². The summed E-state index contributed by atoms with van der Waals surface area (Å²) >= 11 is 4.86. The van der Waals surface area contributed by atoms with Crippen molar-refractivity contribution in [2.24, 2.45) is 10.9 Å². The van der Waals surface area contributed by atoms with Crippen molar-refractivity contribution in [2.75, 3.05) is 12.3 Å². The lowest BCUT2D eigenvalue weighted by Gasteiger charge is -2.21. The Bertz CT molecular complexity index is 311. The second-order valence-corrected chi connectivity index (χ2v) is 5.64. The monoisotopic (exact) mass is 237 g/mol. The van der Waals surface area contributed by atoms with Gasteiger partial charge in [0.05, 0.1) is 5.75 Å². The maximum absolute atomic E-state index is 10.7. The molecule has 1 saturated carbocycles. The zero-order chi connectivity index (χ0) is 10.8. The van der Waals surface area contributed by atoms with E-state index < -0.39 is 10.0 Å². The highest BCUT2D eigenvalue weighted by Gasteiger charge is 2.29. The summed E-state index contributed by atoms with van der Waals surface area (Å²) < 4.78 is 21.3. The standard InChI is InChI=1S/C7H15N3O2S2/c8-7(13)10(6-2-3-6)4-1-5-14(9,11)12/h6H,1-5H2,(H2,8,13)(H2,9,11,12). The Morgan fingerprint density at radius 2 is 2.07 bits per heavy atom. The third-order valence-corrected chi connectivity index (χ3v) is 3.19. The molecular formula is C7H15N3O2S2. The molecule has 5 nitrogen and oxygen atoms in total. The molecule has 0 aromatic heterocycles. The van der Waals surface area contributed by atoms with Gasteiger partial charge in [-0.2, -0.15) is 0 Å². The molecule has 1 rings (SSSR count). The molecule has 0 spiro atoms. The zero-order valence-corrected chi connectivity index (χ0v) is 9.48. The fourth-order valence-corrected chi connectivity index (χ4v) is 2.07. The van der Waals surface area contributed by atoms with Crippen LogP contribution in [0.15, 0.2) is 0 Å². The number of hydrogen-bond donors (Lipinski definition) is 2. The summed E-state index contributed by atoms with van der Waals surface area (Å²) in [6.07, 6.45) is 2.66. The van der Waals surface area contributed by atoms with Gasteiger partial charge in [0.1, 0.15) is 0 Å². The summed E-state index contributed by atoms with van der Waals surface area (Å²) in [6, 6.07) is 0.424. The predicted octanol–water partition coefficient (Wildman–Crippen LogP) is -0.627. The molecule has 1 fully saturated rings. The Hall–Kier alpha value is -0.400. The van der Waals surface area contributed by atoms with Crippen LogP contribution < -0.4 is 10.9 Å². The van der Waals surface area contributed by atoms with E-state index in [0.717, 1.165) is 12.8 Å². The van der Waals surface area contributed by atoms with Gasteiger partial charge < -0.3 is 10.6 Å². The normalized spacial score (nSPS) is 16.6. The Labute approximate surface area is 89.5 Å². The van der Waals surface area contributed by atoms with Crippen LogP contribution in [0.3, 0.4) is 0 Å². The second kappa shape index (κ2) is 4.41. The van der Waals surface area contributed by atoms with Crippen molar-refractivity contribution in [3.05, 3.63) is 0 Å². The van der Waals surface area contributed by atoms with E-state index in [0.29, 0.717) is 24.1 Å². The average molecular weight is 237 g/mol. The van der Waals surface area contributed by atoms with E-state index in [9.17, 15) is 8.42 Å². The van der Waals surface area contributed by atoms with E-state index in [4.69, 9.17) is 23.1 Å². The summed E-state index contributed by atoms with van der Waals surface area (Å²) in [4.78, 5) is 1.88. The van der Waals surface area contributed by atoms with E-state index >= 15 is 0 Å². The zero-order valence-electron chi connectivity index (χ0n) is 7.85. The second-order valence-electron chi connectivity index (χ2n) is 3.48. The van der Waals surface area contributed by atoms with E-state index in [1.54, 1.807) is 0 Å². The Morgan fingerprint density at radius 3 is 2.43 bits per heavy atom. The van der Waals surface area contributed by atoms with Crippen molar-refractivity contribution < 1.29 is 8.42 Å². The summed E-state index contributed by atoms with van der Waals surface area (Å²) in [7, 11) is -3.36. The molecule has 0 saturated heterocycles. The Kier molecular flexibility index (Phi) is 3.68. The highest BCUT2D eigenvalue weighted by Crippen LogP contribution is 2.26. The molecule has 4 N–H and O–H groups in total. The smallest absolute Gasteiger partial charge is 0.209 e. The van der Waals surface area contributed by atoms with Crippen molar-refractivity contribution in [1.82, 2.24) is 4.90 Å². The van der Waals surface area contributed by atoms with Crippen LogP contribution in [0, 0.1) is 0 Å². The molecule has 0 atom stereocenters. The minimum absolute atomic E-state index is 0.0150. The highest BCUT2D eigenvalue weighted by atomic mass is 32.2. The first-order valence-electron chi connectivity index (χ1n) is 4.47. The molecule has 7 heteroatoms. The summed E-state index contributed by atoms with van der Waals surface area (Å²) in [6.45, 7) is 0.580. The first-order valence-corrected chi connectivity index (χ1v) is 6.59. The fraction of sp³-hybridized carbons (Fsp3) is 0.857. The van der Waals surface area contributed by atoms with Gasteiger partial charge in [-0.1, -0.05) is 0 Å². The maximum atomic E-state index is 10.7. The molecule has 0 unspecified atom stereocenters. The average Bonchev–Trinajstić information content (AvgIpc) is 2.77. The molecule has 0 aromatic carbocycles. The van der Waals surface area contributed by atoms with Crippen molar-refractivity contribution in [1.29, 1.82) is 0 Å². The van der Waals surface area contributed by atoms with Gasteiger partial charge in [0.25, 0.3) is 0 Å². The van der Waals surface area contributed by atoms with Gasteiger partial charge >= 0.3 is 0 Å². The molecule has 0 amide bonds. The summed E-state index contributed by atoms with van der Waals surface area (Å²) in [5.74, 6) is -0.0150.